The Morgan fingerprint density at radius 2 is 0.965 bits per heavy atom. The maximum atomic E-state index is 13.1. The summed E-state index contributed by atoms with van der Waals surface area (Å²) in [6.45, 7) is 6.37. The molecule has 0 aliphatic carbocycles. The van der Waals surface area contributed by atoms with E-state index in [9.17, 15) is 19.8 Å². The molecule has 0 aromatic rings. The molecule has 0 aliphatic heterocycles. The lowest BCUT2D eigenvalue weighted by atomic mass is 10.0. The van der Waals surface area contributed by atoms with E-state index in [1.54, 1.807) is 0 Å². The van der Waals surface area contributed by atoms with Gasteiger partial charge in [0, 0.05) is 6.42 Å². The molecule has 0 rings (SSSR count). The Morgan fingerprint density at radius 3 is 1.54 bits per heavy atom. The zero-order valence-corrected chi connectivity index (χ0v) is 37.2. The minimum absolute atomic E-state index is 0.0262. The van der Waals surface area contributed by atoms with Gasteiger partial charge in [0.25, 0.3) is 0 Å². The molecule has 0 aromatic carbocycles. The fraction of sp³-hybridized carbons (Fsp3) is 0.725. The second-order valence-corrected chi connectivity index (χ2v) is 15.9. The van der Waals surface area contributed by atoms with Gasteiger partial charge in [0.15, 0.2) is 0 Å². The van der Waals surface area contributed by atoms with E-state index < -0.39 is 18.2 Å². The molecule has 3 unspecified atom stereocenters. The predicted octanol–water partition coefficient (Wildman–Crippen LogP) is 13.8. The van der Waals surface area contributed by atoms with Gasteiger partial charge in [-0.3, -0.25) is 9.59 Å². The van der Waals surface area contributed by atoms with Crippen molar-refractivity contribution in [2.75, 3.05) is 6.61 Å². The number of aliphatic hydroxyl groups excluding tert-OH is 2. The van der Waals surface area contributed by atoms with Crippen LogP contribution in [0.5, 0.6) is 0 Å². The van der Waals surface area contributed by atoms with Crippen LogP contribution in [0.3, 0.4) is 0 Å². The first-order chi connectivity index (χ1) is 28.0. The molecule has 0 radical (unpaired) electrons. The molecule has 0 aliphatic rings. The third-order valence-electron chi connectivity index (χ3n) is 10.4. The van der Waals surface area contributed by atoms with E-state index in [0.717, 1.165) is 64.2 Å². The van der Waals surface area contributed by atoms with Gasteiger partial charge in [-0.05, 0) is 70.6 Å². The number of nitrogens with one attached hydrogen (secondary N) is 1. The quantitative estimate of drug-likeness (QED) is 0.0248. The molecule has 0 bridgehead atoms. The van der Waals surface area contributed by atoms with E-state index in [1.165, 1.54) is 96.3 Å². The largest absolute Gasteiger partial charge is 0.462 e. The summed E-state index contributed by atoms with van der Waals surface area (Å²) in [6, 6.07) is -0.726. The van der Waals surface area contributed by atoms with Crippen LogP contribution in [0.2, 0.25) is 0 Å². The molecule has 0 saturated carbocycles. The summed E-state index contributed by atoms with van der Waals surface area (Å²) in [5.41, 5.74) is 0. The molecule has 0 aromatic heterocycles. The van der Waals surface area contributed by atoms with Gasteiger partial charge < -0.3 is 20.3 Å². The van der Waals surface area contributed by atoms with Crippen molar-refractivity contribution in [3.8, 4) is 0 Å². The number of hydrogen-bond acceptors (Lipinski definition) is 5. The summed E-state index contributed by atoms with van der Waals surface area (Å²) in [5.74, 6) is -0.600. The standard InChI is InChI=1S/C51H89NO5/c1-4-7-10-13-16-19-21-23-24-25-27-28-31-33-36-39-42-47(57-51(56)44-41-38-35-32-29-26-22-20-17-14-11-8-5-2)45-50(55)52-48(46-53)49(54)43-40-37-34-30-18-15-12-9-6-3/h16,19,21,23-29,35,38,47-49,53-54H,4-15,17-18,20,22,30-34,36-37,39-46H2,1-3H3,(H,52,55)/b19-16+,23-21+,25-24+,28-27+,29-26-,38-35+. The first-order valence-electron chi connectivity index (χ1n) is 23.7. The lowest BCUT2D eigenvalue weighted by Crippen LogP contribution is -2.46. The summed E-state index contributed by atoms with van der Waals surface area (Å²) in [4.78, 5) is 26.0. The van der Waals surface area contributed by atoms with Crippen molar-refractivity contribution in [3.05, 3.63) is 72.9 Å². The zero-order chi connectivity index (χ0) is 41.7. The molecule has 57 heavy (non-hydrogen) atoms. The number of rotatable bonds is 41. The highest BCUT2D eigenvalue weighted by Crippen LogP contribution is 2.16. The molecule has 1 amide bonds. The highest BCUT2D eigenvalue weighted by atomic mass is 16.5. The fourth-order valence-electron chi connectivity index (χ4n) is 6.73. The molecule has 0 saturated heterocycles. The summed E-state index contributed by atoms with van der Waals surface area (Å²) >= 11 is 0. The third kappa shape index (κ3) is 39.9. The van der Waals surface area contributed by atoms with Gasteiger partial charge in [0.05, 0.1) is 25.2 Å². The number of carbonyl (C=O) groups excluding carboxylic acids is 2. The molecule has 6 heteroatoms. The van der Waals surface area contributed by atoms with Crippen LogP contribution in [0.1, 0.15) is 213 Å². The van der Waals surface area contributed by atoms with Crippen molar-refractivity contribution < 1.29 is 24.5 Å². The molecule has 328 valence electrons. The number of aliphatic hydroxyl groups is 2. The van der Waals surface area contributed by atoms with Gasteiger partial charge >= 0.3 is 5.97 Å². The monoisotopic (exact) mass is 796 g/mol. The Balaban J connectivity index is 4.79. The molecule has 3 atom stereocenters. The SMILES string of the molecule is CCCCC/C=C/C=C/C=C/C=C/CCCCCC(CC(=O)NC(CO)C(O)CCCCCCCCCCC)OC(=O)CC/C=C/C/C=C\CCCCCCCC. The average Bonchev–Trinajstić information content (AvgIpc) is 3.20. The molecule has 3 N–H and O–H groups in total. The van der Waals surface area contributed by atoms with Crippen LogP contribution in [0, 0.1) is 0 Å². The van der Waals surface area contributed by atoms with Crippen LogP contribution in [-0.4, -0.2) is 46.9 Å². The minimum atomic E-state index is -0.808. The van der Waals surface area contributed by atoms with Gasteiger partial charge in [-0.1, -0.05) is 203 Å². The number of hydrogen-bond donors (Lipinski definition) is 3. The minimum Gasteiger partial charge on any atom is -0.462 e. The van der Waals surface area contributed by atoms with Crippen LogP contribution in [0.4, 0.5) is 0 Å². The van der Waals surface area contributed by atoms with Gasteiger partial charge in [0.2, 0.25) is 5.91 Å². The molecule has 0 heterocycles. The third-order valence-corrected chi connectivity index (χ3v) is 10.4. The topological polar surface area (TPSA) is 95.9 Å². The maximum Gasteiger partial charge on any atom is 0.306 e. The predicted molar refractivity (Wildman–Crippen MR) is 245 cm³/mol. The molecular formula is C51H89NO5. The number of unbranched alkanes of at least 4 members (excludes halogenated alkanes) is 20. The van der Waals surface area contributed by atoms with Crippen LogP contribution >= 0.6 is 0 Å². The zero-order valence-electron chi connectivity index (χ0n) is 37.2. The van der Waals surface area contributed by atoms with Crippen molar-refractivity contribution in [1.29, 1.82) is 0 Å². The first-order valence-corrected chi connectivity index (χ1v) is 23.7. The lowest BCUT2D eigenvalue weighted by Gasteiger charge is -2.24. The Bertz CT molecular complexity index is 1070. The molecule has 0 fully saturated rings. The van der Waals surface area contributed by atoms with Gasteiger partial charge in [-0.15, -0.1) is 0 Å². The average molecular weight is 796 g/mol. The van der Waals surface area contributed by atoms with E-state index in [1.807, 2.05) is 24.3 Å². The summed E-state index contributed by atoms with van der Waals surface area (Å²) in [5, 5.41) is 23.6. The number of ether oxygens (including phenoxy) is 1. The fourth-order valence-corrected chi connectivity index (χ4v) is 6.73. The Hall–Kier alpha value is -2.70. The van der Waals surface area contributed by atoms with Gasteiger partial charge in [0.1, 0.15) is 6.10 Å². The van der Waals surface area contributed by atoms with Crippen LogP contribution in [0.15, 0.2) is 72.9 Å². The number of amides is 1. The van der Waals surface area contributed by atoms with Crippen LogP contribution < -0.4 is 5.32 Å². The number of allylic oxidation sites excluding steroid dienone is 12. The van der Waals surface area contributed by atoms with E-state index in [-0.39, 0.29) is 31.3 Å². The summed E-state index contributed by atoms with van der Waals surface area (Å²) in [7, 11) is 0. The van der Waals surface area contributed by atoms with E-state index >= 15 is 0 Å². The van der Waals surface area contributed by atoms with Crippen molar-refractivity contribution in [2.45, 2.75) is 232 Å². The van der Waals surface area contributed by atoms with E-state index in [2.05, 4.69) is 74.7 Å². The normalized spacial score (nSPS) is 14.0. The van der Waals surface area contributed by atoms with Crippen LogP contribution in [-0.2, 0) is 14.3 Å². The smallest absolute Gasteiger partial charge is 0.306 e. The molecular weight excluding hydrogens is 707 g/mol. The van der Waals surface area contributed by atoms with Crippen molar-refractivity contribution in [2.24, 2.45) is 0 Å². The van der Waals surface area contributed by atoms with E-state index in [0.29, 0.717) is 19.3 Å². The second-order valence-electron chi connectivity index (χ2n) is 15.9. The van der Waals surface area contributed by atoms with Crippen molar-refractivity contribution in [1.82, 2.24) is 5.32 Å². The lowest BCUT2D eigenvalue weighted by molar-refractivity contribution is -0.150. The summed E-state index contributed by atoms with van der Waals surface area (Å²) < 4.78 is 5.85. The molecule has 0 spiro atoms. The second kappa shape index (κ2) is 44.4. The Labute approximate surface area is 351 Å². The molecule has 6 nitrogen and oxygen atoms in total. The number of esters is 1. The first kappa shape index (κ1) is 54.3. The van der Waals surface area contributed by atoms with Crippen molar-refractivity contribution >= 4 is 11.9 Å². The maximum absolute atomic E-state index is 13.1. The highest BCUT2D eigenvalue weighted by Gasteiger charge is 2.24. The number of carbonyl (C=O) groups is 2. The van der Waals surface area contributed by atoms with Crippen molar-refractivity contribution in [3.63, 3.8) is 0 Å². The summed E-state index contributed by atoms with van der Waals surface area (Å²) in [6.07, 6.45) is 55.4. The highest BCUT2D eigenvalue weighted by molar-refractivity contribution is 5.77. The Kier molecular flexibility index (Phi) is 42.3. The van der Waals surface area contributed by atoms with Gasteiger partial charge in [-0.2, -0.15) is 0 Å². The van der Waals surface area contributed by atoms with Gasteiger partial charge in [-0.25, -0.2) is 0 Å². The van der Waals surface area contributed by atoms with E-state index in [4.69, 9.17) is 4.74 Å². The van der Waals surface area contributed by atoms with Crippen LogP contribution in [0.25, 0.3) is 0 Å². The Morgan fingerprint density at radius 1 is 0.526 bits per heavy atom.